The number of hydrogen-bond donors (Lipinski definition) is 2. The van der Waals surface area contributed by atoms with Crippen molar-refractivity contribution in [1.29, 1.82) is 0 Å². The highest BCUT2D eigenvalue weighted by molar-refractivity contribution is 5.79. The number of nitrogens with zero attached hydrogens (tertiary/aromatic N) is 4. The summed E-state index contributed by atoms with van der Waals surface area (Å²) in [4.78, 5) is 26.6. The molecular weight excluding hydrogens is 510 g/mol. The SMILES string of the molecule is C/C=C(F)\C=C(/CC)n1c(C(C)Nc2ncnc(N)c2C#Cc2ccccc2)nc2cccc(F)c2c1=O.CC. The third-order valence-electron chi connectivity index (χ3n) is 5.83. The number of anilines is 2. The van der Waals surface area contributed by atoms with Gasteiger partial charge in [-0.15, -0.1) is 0 Å². The van der Waals surface area contributed by atoms with E-state index in [0.717, 1.165) is 5.56 Å². The van der Waals surface area contributed by atoms with Crippen LogP contribution in [0.1, 0.15) is 64.0 Å². The van der Waals surface area contributed by atoms with Gasteiger partial charge in [0.1, 0.15) is 46.4 Å². The number of nitrogens with one attached hydrogen (secondary N) is 1. The monoisotopic (exact) mass is 542 g/mol. The van der Waals surface area contributed by atoms with Gasteiger partial charge in [0.25, 0.3) is 5.56 Å². The van der Waals surface area contributed by atoms with Crippen molar-refractivity contribution in [3.8, 4) is 11.8 Å². The summed E-state index contributed by atoms with van der Waals surface area (Å²) in [5.74, 6) is 5.57. The first-order chi connectivity index (χ1) is 19.3. The van der Waals surface area contributed by atoms with Gasteiger partial charge in [-0.1, -0.05) is 63.0 Å². The predicted octanol–water partition coefficient (Wildman–Crippen LogP) is 6.63. The van der Waals surface area contributed by atoms with Crippen LogP contribution in [0.4, 0.5) is 20.4 Å². The normalized spacial score (nSPS) is 12.2. The van der Waals surface area contributed by atoms with Crippen molar-refractivity contribution in [2.24, 2.45) is 0 Å². The van der Waals surface area contributed by atoms with Crippen LogP contribution in [0, 0.1) is 17.7 Å². The number of allylic oxidation sites excluding steroid dienone is 4. The number of nitrogen functional groups attached to an aromatic ring is 1. The van der Waals surface area contributed by atoms with Gasteiger partial charge in [-0.05, 0) is 50.6 Å². The molecule has 2 aromatic carbocycles. The lowest BCUT2D eigenvalue weighted by atomic mass is 10.1. The van der Waals surface area contributed by atoms with Crippen molar-refractivity contribution >= 4 is 28.2 Å². The Balaban J connectivity index is 0.00000216. The second-order valence-electron chi connectivity index (χ2n) is 8.37. The number of benzene rings is 2. The molecule has 0 spiro atoms. The first-order valence-corrected chi connectivity index (χ1v) is 13.0. The minimum Gasteiger partial charge on any atom is -0.382 e. The molecule has 1 unspecified atom stereocenters. The number of rotatable bonds is 6. The average molecular weight is 543 g/mol. The zero-order valence-electron chi connectivity index (χ0n) is 23.2. The first-order valence-electron chi connectivity index (χ1n) is 13.0. The van der Waals surface area contributed by atoms with Crippen molar-refractivity contribution in [1.82, 2.24) is 19.5 Å². The standard InChI is InChI=1S/C29H26F2N6O.C2H6/c1-4-20(30)16-21(5-2)37-28(36-24-13-9-12-23(31)25(24)29(37)38)18(3)35-27-22(26(32)33-17-34-27)15-14-19-10-7-6-8-11-19;1-2/h4,6-13,16-18H,5H2,1-3H3,(H3,32,33,34,35);1-2H3/b20-4+,21-16+;. The van der Waals surface area contributed by atoms with Crippen molar-refractivity contribution in [3.05, 3.63) is 106 Å². The molecule has 4 rings (SSSR count). The van der Waals surface area contributed by atoms with Crippen LogP contribution in [0.5, 0.6) is 0 Å². The van der Waals surface area contributed by atoms with Gasteiger partial charge in [0.05, 0.1) is 11.6 Å². The highest BCUT2D eigenvalue weighted by atomic mass is 19.1. The number of halogens is 2. The third-order valence-corrected chi connectivity index (χ3v) is 5.83. The Kier molecular flexibility index (Phi) is 10.3. The molecule has 0 bridgehead atoms. The van der Waals surface area contributed by atoms with Gasteiger partial charge >= 0.3 is 0 Å². The second kappa shape index (κ2) is 13.8. The topological polar surface area (TPSA) is 98.7 Å². The molecule has 3 N–H and O–H groups in total. The molecule has 0 radical (unpaired) electrons. The summed E-state index contributed by atoms with van der Waals surface area (Å²) in [6.45, 7) is 9.08. The summed E-state index contributed by atoms with van der Waals surface area (Å²) in [5, 5.41) is 3.04. The highest BCUT2D eigenvalue weighted by Crippen LogP contribution is 2.26. The van der Waals surface area contributed by atoms with E-state index in [2.05, 4.69) is 32.1 Å². The molecule has 0 aliphatic heterocycles. The first kappa shape index (κ1) is 29.7. The van der Waals surface area contributed by atoms with Crippen LogP contribution in [0.15, 0.2) is 77.6 Å². The molecule has 1 atom stereocenters. The second-order valence-corrected chi connectivity index (χ2v) is 8.37. The van der Waals surface area contributed by atoms with Crippen molar-refractivity contribution in [2.45, 2.75) is 47.1 Å². The van der Waals surface area contributed by atoms with E-state index < -0.39 is 23.2 Å². The van der Waals surface area contributed by atoms with Crippen LogP contribution in [0.2, 0.25) is 0 Å². The van der Waals surface area contributed by atoms with E-state index in [1.54, 1.807) is 26.8 Å². The van der Waals surface area contributed by atoms with Crippen LogP contribution >= 0.6 is 0 Å². The summed E-state index contributed by atoms with van der Waals surface area (Å²) in [6, 6.07) is 13.0. The molecule has 0 aliphatic carbocycles. The van der Waals surface area contributed by atoms with Crippen molar-refractivity contribution in [3.63, 3.8) is 0 Å². The lowest BCUT2D eigenvalue weighted by Gasteiger charge is -2.22. The number of nitrogens with two attached hydrogens (primary N) is 1. The zero-order valence-corrected chi connectivity index (χ0v) is 23.2. The van der Waals surface area contributed by atoms with E-state index in [-0.39, 0.29) is 29.0 Å². The molecule has 0 aliphatic rings. The molecule has 2 aromatic heterocycles. The third kappa shape index (κ3) is 6.59. The summed E-state index contributed by atoms with van der Waals surface area (Å²) >= 11 is 0. The fourth-order valence-electron chi connectivity index (χ4n) is 3.90. The van der Waals surface area contributed by atoms with Crippen LogP contribution in [0.25, 0.3) is 16.6 Å². The highest BCUT2D eigenvalue weighted by Gasteiger charge is 2.22. The van der Waals surface area contributed by atoms with Crippen LogP contribution in [-0.4, -0.2) is 19.5 Å². The summed E-state index contributed by atoms with van der Waals surface area (Å²) in [5.41, 5.74) is 7.14. The maximum absolute atomic E-state index is 14.7. The fraction of sp³-hybridized carbons (Fsp3) is 0.226. The molecule has 0 saturated carbocycles. The average Bonchev–Trinajstić information content (AvgIpc) is 2.97. The molecule has 206 valence electrons. The Labute approximate surface area is 232 Å². The summed E-state index contributed by atoms with van der Waals surface area (Å²) in [7, 11) is 0. The number of hydrogen-bond acceptors (Lipinski definition) is 6. The van der Waals surface area contributed by atoms with Gasteiger partial charge < -0.3 is 11.1 Å². The van der Waals surface area contributed by atoms with Crippen LogP contribution < -0.4 is 16.6 Å². The smallest absolute Gasteiger partial charge is 0.268 e. The van der Waals surface area contributed by atoms with E-state index in [1.165, 1.54) is 35.2 Å². The Bertz CT molecular complexity index is 1670. The van der Waals surface area contributed by atoms with Crippen molar-refractivity contribution in [2.75, 3.05) is 11.1 Å². The predicted molar refractivity (Wildman–Crippen MR) is 158 cm³/mol. The Morgan fingerprint density at radius 2 is 1.85 bits per heavy atom. The van der Waals surface area contributed by atoms with Gasteiger partial charge in [0, 0.05) is 11.3 Å². The molecule has 40 heavy (non-hydrogen) atoms. The summed E-state index contributed by atoms with van der Waals surface area (Å²) < 4.78 is 30.2. The molecular formula is C31H32F2N6O. The minimum absolute atomic E-state index is 0.174. The maximum atomic E-state index is 14.7. The molecule has 0 fully saturated rings. The van der Waals surface area contributed by atoms with Crippen LogP contribution in [-0.2, 0) is 0 Å². The minimum atomic E-state index is -0.704. The number of aromatic nitrogens is 4. The Morgan fingerprint density at radius 3 is 2.52 bits per heavy atom. The number of fused-ring (bicyclic) bond motifs is 1. The van der Waals surface area contributed by atoms with Gasteiger partial charge in [0.15, 0.2) is 0 Å². The molecule has 0 saturated heterocycles. The lowest BCUT2D eigenvalue weighted by molar-refractivity contribution is 0.634. The molecule has 0 amide bonds. The molecule has 9 heteroatoms. The zero-order chi connectivity index (χ0) is 29.2. The van der Waals surface area contributed by atoms with E-state index in [0.29, 0.717) is 17.1 Å². The Hall–Kier alpha value is -4.84. The quantitative estimate of drug-likeness (QED) is 0.210. The van der Waals surface area contributed by atoms with Crippen LogP contribution in [0.3, 0.4) is 0 Å². The van der Waals surface area contributed by atoms with Gasteiger partial charge in [-0.3, -0.25) is 9.36 Å². The van der Waals surface area contributed by atoms with E-state index in [4.69, 9.17) is 5.73 Å². The Morgan fingerprint density at radius 1 is 1.12 bits per heavy atom. The van der Waals surface area contributed by atoms with Crippen molar-refractivity contribution < 1.29 is 8.78 Å². The summed E-state index contributed by atoms with van der Waals surface area (Å²) in [6.07, 6.45) is 4.10. The fourth-order valence-corrected chi connectivity index (χ4v) is 3.90. The molecule has 2 heterocycles. The van der Waals surface area contributed by atoms with E-state index in [1.807, 2.05) is 44.2 Å². The van der Waals surface area contributed by atoms with E-state index >= 15 is 0 Å². The van der Waals surface area contributed by atoms with Gasteiger partial charge in [-0.2, -0.15) is 0 Å². The molecule has 7 nitrogen and oxygen atoms in total. The lowest BCUT2D eigenvalue weighted by Crippen LogP contribution is -2.29. The molecule has 4 aromatic rings. The van der Waals surface area contributed by atoms with Gasteiger partial charge in [0.2, 0.25) is 0 Å². The van der Waals surface area contributed by atoms with E-state index in [9.17, 15) is 13.6 Å². The largest absolute Gasteiger partial charge is 0.382 e. The van der Waals surface area contributed by atoms with Gasteiger partial charge in [-0.25, -0.2) is 23.7 Å². The maximum Gasteiger partial charge on any atom is 0.268 e.